The minimum absolute atomic E-state index is 0.0619. The molecule has 20 heavy (non-hydrogen) atoms. The zero-order valence-electron chi connectivity index (χ0n) is 11.4. The number of rotatable bonds is 3. The lowest BCUT2D eigenvalue weighted by Gasteiger charge is -2.22. The van der Waals surface area contributed by atoms with E-state index in [9.17, 15) is 9.90 Å². The molecule has 1 aromatic carbocycles. The van der Waals surface area contributed by atoms with Crippen molar-refractivity contribution in [3.05, 3.63) is 22.2 Å². The average molecular weight is 301 g/mol. The fourth-order valence-electron chi connectivity index (χ4n) is 2.29. The topological polar surface area (TPSA) is 76.0 Å². The summed E-state index contributed by atoms with van der Waals surface area (Å²) < 4.78 is 11.3. The van der Waals surface area contributed by atoms with E-state index in [4.69, 9.17) is 26.2 Å². The molecule has 0 radical (unpaired) electrons. The summed E-state index contributed by atoms with van der Waals surface area (Å²) in [7, 11) is 0. The number of benzene rings is 1. The Morgan fingerprint density at radius 2 is 1.95 bits per heavy atom. The van der Waals surface area contributed by atoms with Crippen molar-refractivity contribution in [1.29, 1.82) is 0 Å². The predicted octanol–water partition coefficient (Wildman–Crippen LogP) is 2.74. The Balaban J connectivity index is 2.67. The summed E-state index contributed by atoms with van der Waals surface area (Å²) in [6, 6.07) is 1.51. The second-order valence-electron chi connectivity index (χ2n) is 4.96. The molecule has 0 amide bonds. The van der Waals surface area contributed by atoms with Crippen molar-refractivity contribution in [1.82, 2.24) is 0 Å². The smallest absolute Gasteiger partial charge is 0.337 e. The molecular formula is C14H17ClO5. The highest BCUT2D eigenvalue weighted by Gasteiger charge is 2.30. The molecule has 1 aromatic rings. The van der Waals surface area contributed by atoms with Crippen molar-refractivity contribution in [3.63, 3.8) is 0 Å². The molecule has 0 spiro atoms. The van der Waals surface area contributed by atoms with Crippen LogP contribution in [0.4, 0.5) is 0 Å². The first-order valence-corrected chi connectivity index (χ1v) is 6.84. The highest BCUT2D eigenvalue weighted by atomic mass is 35.5. The Hall–Kier alpha value is -1.46. The molecule has 2 N–H and O–H groups in total. The lowest BCUT2D eigenvalue weighted by Crippen LogP contribution is -2.15. The third kappa shape index (κ3) is 2.69. The van der Waals surface area contributed by atoms with Gasteiger partial charge in [-0.2, -0.15) is 0 Å². The Labute approximate surface area is 122 Å². The van der Waals surface area contributed by atoms with Crippen LogP contribution >= 0.6 is 11.6 Å². The minimum Gasteiger partial charge on any atom is -0.489 e. The number of ether oxygens (including phenoxy) is 2. The number of fused-ring (bicyclic) bond motifs is 1. The van der Waals surface area contributed by atoms with Gasteiger partial charge in [0.05, 0.1) is 18.2 Å². The maximum absolute atomic E-state index is 11.1. The van der Waals surface area contributed by atoms with Gasteiger partial charge in [0.25, 0.3) is 0 Å². The molecule has 0 aromatic heterocycles. The molecule has 6 heteroatoms. The molecule has 1 atom stereocenters. The first kappa shape index (κ1) is 14.9. The maximum Gasteiger partial charge on any atom is 0.337 e. The van der Waals surface area contributed by atoms with Crippen molar-refractivity contribution in [3.8, 4) is 11.5 Å². The second-order valence-corrected chi connectivity index (χ2v) is 5.37. The van der Waals surface area contributed by atoms with Crippen LogP contribution in [0.5, 0.6) is 11.5 Å². The van der Waals surface area contributed by atoms with Gasteiger partial charge in [0.15, 0.2) is 17.6 Å². The summed E-state index contributed by atoms with van der Waals surface area (Å²) in [6.45, 7) is 4.77. The molecule has 1 aliphatic heterocycles. The van der Waals surface area contributed by atoms with Crippen LogP contribution < -0.4 is 9.47 Å². The molecule has 1 heterocycles. The van der Waals surface area contributed by atoms with Gasteiger partial charge in [-0.1, -0.05) is 25.4 Å². The summed E-state index contributed by atoms with van der Waals surface area (Å²) in [5, 5.41) is 19.1. The van der Waals surface area contributed by atoms with Gasteiger partial charge in [-0.3, -0.25) is 0 Å². The summed E-state index contributed by atoms with van der Waals surface area (Å²) in [6.07, 6.45) is -0.947. The van der Waals surface area contributed by atoms with E-state index in [0.29, 0.717) is 30.3 Å². The number of hydrogen-bond donors (Lipinski definition) is 2. The Morgan fingerprint density at radius 3 is 2.55 bits per heavy atom. The van der Waals surface area contributed by atoms with Crippen molar-refractivity contribution in [2.24, 2.45) is 0 Å². The number of carbonyl (C=O) groups is 1. The van der Waals surface area contributed by atoms with E-state index in [0.717, 1.165) is 6.42 Å². The number of carboxylic acids is 1. The van der Waals surface area contributed by atoms with E-state index in [2.05, 4.69) is 0 Å². The fourth-order valence-corrected chi connectivity index (χ4v) is 2.59. The number of aliphatic hydroxyl groups excluding tert-OH is 1. The van der Waals surface area contributed by atoms with Crippen LogP contribution in [-0.2, 0) is 4.79 Å². The van der Waals surface area contributed by atoms with Crippen molar-refractivity contribution < 1.29 is 24.5 Å². The van der Waals surface area contributed by atoms with Gasteiger partial charge < -0.3 is 19.7 Å². The highest BCUT2D eigenvalue weighted by molar-refractivity contribution is 6.32. The van der Waals surface area contributed by atoms with Crippen LogP contribution in [0, 0.1) is 0 Å². The van der Waals surface area contributed by atoms with Crippen LogP contribution in [0.3, 0.4) is 0 Å². The van der Waals surface area contributed by atoms with E-state index >= 15 is 0 Å². The molecule has 1 unspecified atom stereocenters. The zero-order chi connectivity index (χ0) is 14.9. The normalized spacial score (nSPS) is 15.8. The van der Waals surface area contributed by atoms with Crippen LogP contribution in [0.2, 0.25) is 5.02 Å². The molecule has 5 nitrogen and oxygen atoms in total. The van der Waals surface area contributed by atoms with Crippen molar-refractivity contribution in [2.45, 2.75) is 32.3 Å². The number of carboxylic acid groups (broad SMARTS) is 1. The molecule has 2 rings (SSSR count). The van der Waals surface area contributed by atoms with Crippen molar-refractivity contribution >= 4 is 17.6 Å². The Morgan fingerprint density at radius 1 is 1.30 bits per heavy atom. The molecule has 0 bridgehead atoms. The van der Waals surface area contributed by atoms with Crippen molar-refractivity contribution in [2.75, 3.05) is 13.2 Å². The third-order valence-electron chi connectivity index (χ3n) is 3.15. The molecular weight excluding hydrogens is 284 g/mol. The average Bonchev–Trinajstić information content (AvgIpc) is 2.60. The lowest BCUT2D eigenvalue weighted by molar-refractivity contribution is -0.147. The van der Waals surface area contributed by atoms with E-state index in [1.165, 1.54) is 6.07 Å². The summed E-state index contributed by atoms with van der Waals surface area (Å²) >= 11 is 6.14. The van der Waals surface area contributed by atoms with Gasteiger partial charge in [-0.25, -0.2) is 4.79 Å². The van der Waals surface area contributed by atoms with Crippen LogP contribution in [-0.4, -0.2) is 29.4 Å². The summed E-state index contributed by atoms with van der Waals surface area (Å²) in [4.78, 5) is 11.1. The van der Waals surface area contributed by atoms with E-state index in [1.807, 2.05) is 13.8 Å². The first-order valence-electron chi connectivity index (χ1n) is 6.46. The largest absolute Gasteiger partial charge is 0.489 e. The van der Waals surface area contributed by atoms with Gasteiger partial charge in [-0.05, 0) is 5.92 Å². The quantitative estimate of drug-likeness (QED) is 0.897. The Bertz CT molecular complexity index is 527. The first-order chi connectivity index (χ1) is 9.43. The van der Waals surface area contributed by atoms with Gasteiger partial charge in [0.1, 0.15) is 0 Å². The van der Waals surface area contributed by atoms with Crippen LogP contribution in [0.25, 0.3) is 0 Å². The van der Waals surface area contributed by atoms with Gasteiger partial charge in [0.2, 0.25) is 0 Å². The predicted molar refractivity (Wildman–Crippen MR) is 73.7 cm³/mol. The van der Waals surface area contributed by atoms with Crippen LogP contribution in [0.15, 0.2) is 6.07 Å². The molecule has 0 fully saturated rings. The van der Waals surface area contributed by atoms with Crippen LogP contribution in [0.1, 0.15) is 43.4 Å². The minimum atomic E-state index is -1.68. The maximum atomic E-state index is 11.1. The molecule has 1 aliphatic rings. The number of aliphatic hydroxyl groups is 1. The van der Waals surface area contributed by atoms with E-state index in [-0.39, 0.29) is 16.5 Å². The SMILES string of the molecule is CC(C)c1c2c(cc(Cl)c1C(O)C(=O)O)OCCCO2. The summed E-state index contributed by atoms with van der Waals surface area (Å²) in [5.41, 5.74) is 0.766. The van der Waals surface area contributed by atoms with Gasteiger partial charge in [0, 0.05) is 23.6 Å². The number of halogens is 1. The Kier molecular flexibility index (Phi) is 4.40. The lowest BCUT2D eigenvalue weighted by atomic mass is 9.92. The molecule has 0 saturated carbocycles. The number of hydrogen-bond acceptors (Lipinski definition) is 4. The molecule has 0 aliphatic carbocycles. The molecule has 110 valence electrons. The van der Waals surface area contributed by atoms with Gasteiger partial charge >= 0.3 is 5.97 Å². The number of aliphatic carboxylic acids is 1. The fraction of sp³-hybridized carbons (Fsp3) is 0.500. The van der Waals surface area contributed by atoms with Gasteiger partial charge in [-0.15, -0.1) is 0 Å². The summed E-state index contributed by atoms with van der Waals surface area (Å²) in [5.74, 6) is -0.425. The zero-order valence-corrected chi connectivity index (χ0v) is 12.1. The standard InChI is InChI=1S/C14H17ClO5/c1-7(2)10-11(12(16)14(17)18)8(15)6-9-13(10)20-5-3-4-19-9/h6-7,12,16H,3-5H2,1-2H3,(H,17,18). The van der Waals surface area contributed by atoms with E-state index in [1.54, 1.807) is 0 Å². The second kappa shape index (κ2) is 5.89. The van der Waals surface area contributed by atoms with E-state index < -0.39 is 12.1 Å². The monoisotopic (exact) mass is 300 g/mol. The molecule has 0 saturated heterocycles. The third-order valence-corrected chi connectivity index (χ3v) is 3.46. The highest BCUT2D eigenvalue weighted by Crippen LogP contribution is 2.45.